The highest BCUT2D eigenvalue weighted by atomic mass is 16.5. The van der Waals surface area contributed by atoms with Crippen LogP contribution in [0.4, 0.5) is 0 Å². The molecule has 0 saturated carbocycles. The van der Waals surface area contributed by atoms with Crippen molar-refractivity contribution in [1.82, 2.24) is 0 Å². The molecule has 0 saturated heterocycles. The molecule has 0 aliphatic carbocycles. The molecule has 0 aliphatic rings. The third kappa shape index (κ3) is 3.53. The summed E-state index contributed by atoms with van der Waals surface area (Å²) in [6.07, 6.45) is 1.18. The molecule has 15 heavy (non-hydrogen) atoms. The highest BCUT2D eigenvalue weighted by Gasteiger charge is 2.24. The predicted octanol–water partition coefficient (Wildman–Crippen LogP) is 1.72. The van der Waals surface area contributed by atoms with Gasteiger partial charge in [-0.2, -0.15) is 0 Å². The van der Waals surface area contributed by atoms with E-state index in [9.17, 15) is 5.11 Å². The van der Waals surface area contributed by atoms with Gasteiger partial charge < -0.3 is 14.9 Å². The maximum Gasteiger partial charge on any atom is 0.115 e. The quantitative estimate of drug-likeness (QED) is 0.778. The second-order valence-corrected chi connectivity index (χ2v) is 3.85. The SMILES string of the molecule is CCC(O)(COC)Cc1ccc(O)cc1. The van der Waals surface area contributed by atoms with Crippen LogP contribution in [0.1, 0.15) is 18.9 Å². The first-order valence-corrected chi connectivity index (χ1v) is 5.09. The fourth-order valence-corrected chi connectivity index (χ4v) is 1.54. The van der Waals surface area contributed by atoms with Crippen LogP contribution in [0.3, 0.4) is 0 Å². The normalized spacial score (nSPS) is 14.9. The summed E-state index contributed by atoms with van der Waals surface area (Å²) in [6.45, 7) is 2.25. The summed E-state index contributed by atoms with van der Waals surface area (Å²) in [5.74, 6) is 0.241. The summed E-state index contributed by atoms with van der Waals surface area (Å²) < 4.78 is 4.99. The third-order valence-corrected chi connectivity index (χ3v) is 2.54. The molecule has 0 aliphatic heterocycles. The van der Waals surface area contributed by atoms with Gasteiger partial charge in [0, 0.05) is 13.5 Å². The molecule has 0 aromatic heterocycles. The molecule has 3 nitrogen and oxygen atoms in total. The van der Waals surface area contributed by atoms with Gasteiger partial charge in [-0.05, 0) is 24.1 Å². The molecule has 2 N–H and O–H groups in total. The summed E-state index contributed by atoms with van der Waals surface area (Å²) in [7, 11) is 1.58. The van der Waals surface area contributed by atoms with Crippen molar-refractivity contribution in [2.45, 2.75) is 25.4 Å². The number of aromatic hydroxyl groups is 1. The van der Waals surface area contributed by atoms with E-state index in [0.717, 1.165) is 5.56 Å². The predicted molar refractivity (Wildman–Crippen MR) is 58.9 cm³/mol. The van der Waals surface area contributed by atoms with Crippen LogP contribution in [0, 0.1) is 0 Å². The number of aliphatic hydroxyl groups is 1. The summed E-state index contributed by atoms with van der Waals surface area (Å²) in [5, 5.41) is 19.3. The van der Waals surface area contributed by atoms with Crippen molar-refractivity contribution >= 4 is 0 Å². The van der Waals surface area contributed by atoms with E-state index in [1.54, 1.807) is 19.2 Å². The van der Waals surface area contributed by atoms with Gasteiger partial charge in [0.15, 0.2) is 0 Å². The third-order valence-electron chi connectivity index (χ3n) is 2.54. The first kappa shape index (κ1) is 12.0. The van der Waals surface area contributed by atoms with Gasteiger partial charge in [0.2, 0.25) is 0 Å². The van der Waals surface area contributed by atoms with E-state index in [4.69, 9.17) is 9.84 Å². The average Bonchev–Trinajstić information content (AvgIpc) is 2.22. The second kappa shape index (κ2) is 5.14. The first-order valence-electron chi connectivity index (χ1n) is 5.09. The van der Waals surface area contributed by atoms with E-state index in [-0.39, 0.29) is 5.75 Å². The summed E-state index contributed by atoms with van der Waals surface area (Å²) in [4.78, 5) is 0. The number of hydrogen-bond acceptors (Lipinski definition) is 3. The maximum absolute atomic E-state index is 10.2. The van der Waals surface area contributed by atoms with Gasteiger partial charge in [0.25, 0.3) is 0 Å². The van der Waals surface area contributed by atoms with Crippen molar-refractivity contribution in [3.63, 3.8) is 0 Å². The number of hydrogen-bond donors (Lipinski definition) is 2. The van der Waals surface area contributed by atoms with Gasteiger partial charge in [-0.1, -0.05) is 19.1 Å². The lowest BCUT2D eigenvalue weighted by atomic mass is 9.93. The van der Waals surface area contributed by atoms with E-state index in [1.165, 1.54) is 0 Å². The largest absolute Gasteiger partial charge is 0.508 e. The Morgan fingerprint density at radius 1 is 1.27 bits per heavy atom. The minimum Gasteiger partial charge on any atom is -0.508 e. The fraction of sp³-hybridized carbons (Fsp3) is 0.500. The molecule has 0 amide bonds. The van der Waals surface area contributed by atoms with Gasteiger partial charge in [-0.15, -0.1) is 0 Å². The lowest BCUT2D eigenvalue weighted by Crippen LogP contribution is -2.35. The Labute approximate surface area is 90.3 Å². The topological polar surface area (TPSA) is 49.7 Å². The van der Waals surface area contributed by atoms with Crippen LogP contribution in [0.2, 0.25) is 0 Å². The number of benzene rings is 1. The smallest absolute Gasteiger partial charge is 0.115 e. The van der Waals surface area contributed by atoms with Crippen LogP contribution in [-0.4, -0.2) is 29.5 Å². The molecular weight excluding hydrogens is 192 g/mol. The van der Waals surface area contributed by atoms with Gasteiger partial charge in [-0.3, -0.25) is 0 Å². The summed E-state index contributed by atoms with van der Waals surface area (Å²) >= 11 is 0. The Hall–Kier alpha value is -1.06. The molecule has 1 atom stereocenters. The Balaban J connectivity index is 2.70. The lowest BCUT2D eigenvalue weighted by Gasteiger charge is -2.25. The van der Waals surface area contributed by atoms with Gasteiger partial charge in [0.05, 0.1) is 12.2 Å². The zero-order valence-electron chi connectivity index (χ0n) is 9.23. The van der Waals surface area contributed by atoms with Crippen LogP contribution in [-0.2, 0) is 11.2 Å². The number of phenolic OH excluding ortho intramolecular Hbond substituents is 1. The Bertz CT molecular complexity index is 294. The minimum atomic E-state index is -0.814. The van der Waals surface area contributed by atoms with E-state index < -0.39 is 5.60 Å². The van der Waals surface area contributed by atoms with E-state index >= 15 is 0 Å². The van der Waals surface area contributed by atoms with Crippen LogP contribution in [0.5, 0.6) is 5.75 Å². The van der Waals surface area contributed by atoms with Gasteiger partial charge in [-0.25, -0.2) is 0 Å². The zero-order chi connectivity index (χ0) is 11.3. The van der Waals surface area contributed by atoms with Crippen LogP contribution in [0.25, 0.3) is 0 Å². The van der Waals surface area contributed by atoms with Crippen molar-refractivity contribution in [2.75, 3.05) is 13.7 Å². The van der Waals surface area contributed by atoms with Gasteiger partial charge in [0.1, 0.15) is 5.75 Å². The summed E-state index contributed by atoms with van der Waals surface area (Å²) in [6, 6.07) is 6.87. The summed E-state index contributed by atoms with van der Waals surface area (Å²) in [5.41, 5.74) is 0.181. The van der Waals surface area contributed by atoms with Crippen LogP contribution >= 0.6 is 0 Å². The molecular formula is C12H18O3. The molecule has 0 radical (unpaired) electrons. The van der Waals surface area contributed by atoms with E-state index in [1.807, 2.05) is 19.1 Å². The molecule has 84 valence electrons. The Morgan fingerprint density at radius 2 is 1.87 bits per heavy atom. The molecule has 0 heterocycles. The number of rotatable bonds is 5. The molecule has 1 unspecified atom stereocenters. The van der Waals surface area contributed by atoms with Crippen LogP contribution < -0.4 is 0 Å². The van der Waals surface area contributed by atoms with Crippen LogP contribution in [0.15, 0.2) is 24.3 Å². The molecule has 0 bridgehead atoms. The lowest BCUT2D eigenvalue weighted by molar-refractivity contribution is -0.0333. The minimum absolute atomic E-state index is 0.241. The molecule has 1 aromatic carbocycles. The standard InChI is InChI=1S/C12H18O3/c1-3-12(14,9-15-2)8-10-4-6-11(13)7-5-10/h4-7,13-14H,3,8-9H2,1-2H3. The van der Waals surface area contributed by atoms with E-state index in [2.05, 4.69) is 0 Å². The number of methoxy groups -OCH3 is 1. The molecule has 3 heteroatoms. The average molecular weight is 210 g/mol. The second-order valence-electron chi connectivity index (χ2n) is 3.85. The number of phenols is 1. The molecule has 1 rings (SSSR count). The molecule has 0 fully saturated rings. The van der Waals surface area contributed by atoms with Crippen molar-refractivity contribution in [3.8, 4) is 5.75 Å². The maximum atomic E-state index is 10.2. The van der Waals surface area contributed by atoms with Crippen molar-refractivity contribution in [2.24, 2.45) is 0 Å². The Morgan fingerprint density at radius 3 is 2.33 bits per heavy atom. The van der Waals surface area contributed by atoms with Crippen molar-refractivity contribution < 1.29 is 14.9 Å². The highest BCUT2D eigenvalue weighted by molar-refractivity contribution is 5.26. The number of ether oxygens (including phenoxy) is 1. The van der Waals surface area contributed by atoms with E-state index in [0.29, 0.717) is 19.4 Å². The fourth-order valence-electron chi connectivity index (χ4n) is 1.54. The molecule has 0 spiro atoms. The first-order chi connectivity index (χ1) is 7.09. The van der Waals surface area contributed by atoms with Crippen molar-refractivity contribution in [1.29, 1.82) is 0 Å². The highest BCUT2D eigenvalue weighted by Crippen LogP contribution is 2.19. The van der Waals surface area contributed by atoms with Crippen molar-refractivity contribution in [3.05, 3.63) is 29.8 Å². The monoisotopic (exact) mass is 210 g/mol. The Kier molecular flexibility index (Phi) is 4.12. The zero-order valence-corrected chi connectivity index (χ0v) is 9.23. The molecule has 1 aromatic rings. The van der Waals surface area contributed by atoms with Gasteiger partial charge >= 0.3 is 0 Å².